The first-order valence-corrected chi connectivity index (χ1v) is 7.28. The van der Waals surface area contributed by atoms with Crippen molar-refractivity contribution in [3.05, 3.63) is 29.8 Å². The van der Waals surface area contributed by atoms with Gasteiger partial charge in [0.25, 0.3) is 0 Å². The van der Waals surface area contributed by atoms with Gasteiger partial charge in [-0.25, -0.2) is 5.84 Å². The summed E-state index contributed by atoms with van der Waals surface area (Å²) in [6.07, 6.45) is 0.875. The first-order chi connectivity index (χ1) is 10.3. The van der Waals surface area contributed by atoms with Gasteiger partial charge in [0, 0.05) is 19.8 Å². The van der Waals surface area contributed by atoms with Gasteiger partial charge in [0.1, 0.15) is 12.4 Å². The molecule has 0 spiro atoms. The lowest BCUT2D eigenvalue weighted by Crippen LogP contribution is -2.43. The van der Waals surface area contributed by atoms with E-state index in [-0.39, 0.29) is 0 Å². The second-order valence-corrected chi connectivity index (χ2v) is 4.52. The van der Waals surface area contributed by atoms with Crippen molar-refractivity contribution in [2.45, 2.75) is 20.3 Å². The molecule has 0 saturated carbocycles. The molecular weight excluding hydrogens is 268 g/mol. The van der Waals surface area contributed by atoms with Crippen molar-refractivity contribution in [2.24, 2.45) is 10.8 Å². The predicted molar refractivity (Wildman–Crippen MR) is 85.4 cm³/mol. The Hall–Kier alpha value is -1.79. The second kappa shape index (κ2) is 10.9. The number of hydrogen-bond acceptors (Lipinski definition) is 4. The van der Waals surface area contributed by atoms with Crippen molar-refractivity contribution in [3.8, 4) is 5.75 Å². The van der Waals surface area contributed by atoms with E-state index in [9.17, 15) is 0 Å². The fourth-order valence-corrected chi connectivity index (χ4v) is 1.70. The third-order valence-electron chi connectivity index (χ3n) is 2.71. The topological polar surface area (TPSA) is 80.9 Å². The highest BCUT2D eigenvalue weighted by molar-refractivity contribution is 5.79. The zero-order valence-corrected chi connectivity index (χ0v) is 12.9. The largest absolute Gasteiger partial charge is 0.492 e. The normalized spacial score (nSPS) is 11.3. The number of rotatable bonds is 9. The van der Waals surface area contributed by atoms with Crippen LogP contribution in [0.2, 0.25) is 0 Å². The van der Waals surface area contributed by atoms with Crippen LogP contribution in [-0.2, 0) is 4.74 Å². The standard InChI is InChI=1S/C15H26N4O2/c1-3-20-10-5-8-17-15(19-16)18-9-11-21-14-7-4-6-13(2)12-14/h4,6-7,12H,3,5,8-11,16H2,1-2H3,(H2,17,18,19). The summed E-state index contributed by atoms with van der Waals surface area (Å²) < 4.78 is 10.9. The zero-order valence-electron chi connectivity index (χ0n) is 12.9. The Morgan fingerprint density at radius 2 is 2.19 bits per heavy atom. The van der Waals surface area contributed by atoms with Crippen LogP contribution in [0.4, 0.5) is 0 Å². The fraction of sp³-hybridized carbons (Fsp3) is 0.533. The minimum Gasteiger partial charge on any atom is -0.492 e. The van der Waals surface area contributed by atoms with Crippen molar-refractivity contribution in [2.75, 3.05) is 32.9 Å². The number of hydrazine groups is 1. The second-order valence-electron chi connectivity index (χ2n) is 4.52. The Morgan fingerprint density at radius 1 is 1.33 bits per heavy atom. The number of nitrogens with one attached hydrogen (secondary N) is 2. The average molecular weight is 294 g/mol. The lowest BCUT2D eigenvalue weighted by molar-refractivity contribution is 0.146. The number of ether oxygens (including phenoxy) is 2. The molecule has 118 valence electrons. The van der Waals surface area contributed by atoms with E-state index in [0.717, 1.165) is 18.8 Å². The number of benzene rings is 1. The summed E-state index contributed by atoms with van der Waals surface area (Å²) in [6.45, 7) is 7.31. The molecule has 0 amide bonds. The molecule has 0 heterocycles. The summed E-state index contributed by atoms with van der Waals surface area (Å²) in [5.41, 5.74) is 3.72. The molecule has 0 aliphatic rings. The summed E-state index contributed by atoms with van der Waals surface area (Å²) >= 11 is 0. The number of guanidine groups is 1. The Labute approximate surface area is 126 Å². The van der Waals surface area contributed by atoms with E-state index in [4.69, 9.17) is 15.3 Å². The highest BCUT2D eigenvalue weighted by atomic mass is 16.5. The minimum atomic E-state index is 0.545. The van der Waals surface area contributed by atoms with Gasteiger partial charge in [-0.1, -0.05) is 12.1 Å². The summed E-state index contributed by atoms with van der Waals surface area (Å²) in [7, 11) is 0. The number of nitrogens with two attached hydrogens (primary N) is 1. The first-order valence-electron chi connectivity index (χ1n) is 7.28. The van der Waals surface area contributed by atoms with Gasteiger partial charge in [0.2, 0.25) is 5.96 Å². The molecule has 6 nitrogen and oxygen atoms in total. The third kappa shape index (κ3) is 8.16. The van der Waals surface area contributed by atoms with Crippen molar-refractivity contribution in [1.29, 1.82) is 0 Å². The molecule has 1 aromatic carbocycles. The lowest BCUT2D eigenvalue weighted by atomic mass is 10.2. The summed E-state index contributed by atoms with van der Waals surface area (Å²) in [5, 5.41) is 3.09. The molecule has 0 unspecified atom stereocenters. The third-order valence-corrected chi connectivity index (χ3v) is 2.71. The molecule has 6 heteroatoms. The monoisotopic (exact) mass is 294 g/mol. The van der Waals surface area contributed by atoms with Crippen LogP contribution >= 0.6 is 0 Å². The van der Waals surface area contributed by atoms with E-state index in [1.165, 1.54) is 5.56 Å². The van der Waals surface area contributed by atoms with E-state index < -0.39 is 0 Å². The maximum Gasteiger partial charge on any atom is 0.205 e. The minimum absolute atomic E-state index is 0.545. The predicted octanol–water partition coefficient (Wildman–Crippen LogP) is 1.21. The SMILES string of the molecule is CCOCCCN=C(NN)NCCOc1cccc(C)c1. The molecule has 0 radical (unpaired) electrons. The number of hydrogen-bond donors (Lipinski definition) is 3. The van der Waals surface area contributed by atoms with Crippen LogP contribution in [0.1, 0.15) is 18.9 Å². The van der Waals surface area contributed by atoms with Gasteiger partial charge in [-0.2, -0.15) is 0 Å². The molecule has 0 bridgehead atoms. The van der Waals surface area contributed by atoms with E-state index in [1.807, 2.05) is 38.1 Å². The van der Waals surface area contributed by atoms with Gasteiger partial charge in [-0.15, -0.1) is 0 Å². The van der Waals surface area contributed by atoms with Crippen LogP contribution in [0.3, 0.4) is 0 Å². The summed E-state index contributed by atoms with van der Waals surface area (Å²) in [4.78, 5) is 4.31. The number of nitrogens with zero attached hydrogens (tertiary/aromatic N) is 1. The van der Waals surface area contributed by atoms with E-state index in [1.54, 1.807) is 0 Å². The van der Waals surface area contributed by atoms with E-state index >= 15 is 0 Å². The van der Waals surface area contributed by atoms with Crippen LogP contribution in [0.15, 0.2) is 29.3 Å². The number of aryl methyl sites for hydroxylation is 1. The van der Waals surface area contributed by atoms with Crippen molar-refractivity contribution in [1.82, 2.24) is 10.7 Å². The van der Waals surface area contributed by atoms with Crippen molar-refractivity contribution < 1.29 is 9.47 Å². The molecule has 21 heavy (non-hydrogen) atoms. The Kier molecular flexibility index (Phi) is 8.99. The Morgan fingerprint density at radius 3 is 2.90 bits per heavy atom. The van der Waals surface area contributed by atoms with E-state index in [2.05, 4.69) is 15.7 Å². The molecular formula is C15H26N4O2. The molecule has 0 aliphatic carbocycles. The van der Waals surface area contributed by atoms with Gasteiger partial charge in [-0.05, 0) is 38.0 Å². The van der Waals surface area contributed by atoms with E-state index in [0.29, 0.717) is 32.3 Å². The molecule has 0 aliphatic heterocycles. The first kappa shape index (κ1) is 17.3. The molecule has 1 rings (SSSR count). The van der Waals surface area contributed by atoms with Crippen LogP contribution in [0.25, 0.3) is 0 Å². The van der Waals surface area contributed by atoms with Crippen LogP contribution < -0.4 is 21.3 Å². The average Bonchev–Trinajstić information content (AvgIpc) is 2.49. The van der Waals surface area contributed by atoms with Crippen molar-refractivity contribution >= 4 is 5.96 Å². The quantitative estimate of drug-likeness (QED) is 0.210. The summed E-state index contributed by atoms with van der Waals surface area (Å²) in [5.74, 6) is 6.85. The molecule has 0 fully saturated rings. The van der Waals surface area contributed by atoms with Gasteiger partial charge in [0.15, 0.2) is 0 Å². The lowest BCUT2D eigenvalue weighted by Gasteiger charge is -2.10. The molecule has 1 aromatic rings. The zero-order chi connectivity index (χ0) is 15.3. The van der Waals surface area contributed by atoms with Crippen LogP contribution in [0.5, 0.6) is 5.75 Å². The Balaban J connectivity index is 2.18. The molecule has 0 atom stereocenters. The molecule has 0 saturated heterocycles. The fourth-order valence-electron chi connectivity index (χ4n) is 1.70. The molecule has 4 N–H and O–H groups in total. The Bertz CT molecular complexity index is 424. The number of aliphatic imine (C=N–C) groups is 1. The van der Waals surface area contributed by atoms with Crippen molar-refractivity contribution in [3.63, 3.8) is 0 Å². The maximum atomic E-state index is 5.63. The highest BCUT2D eigenvalue weighted by Gasteiger charge is 1.97. The smallest absolute Gasteiger partial charge is 0.205 e. The molecule has 0 aromatic heterocycles. The van der Waals surface area contributed by atoms with Gasteiger partial charge in [-0.3, -0.25) is 10.4 Å². The maximum absolute atomic E-state index is 5.63. The van der Waals surface area contributed by atoms with Crippen LogP contribution in [0, 0.1) is 6.92 Å². The summed E-state index contributed by atoms with van der Waals surface area (Å²) in [6, 6.07) is 7.96. The van der Waals surface area contributed by atoms with Crippen LogP contribution in [-0.4, -0.2) is 38.9 Å². The highest BCUT2D eigenvalue weighted by Crippen LogP contribution is 2.11. The van der Waals surface area contributed by atoms with Gasteiger partial charge in [0.05, 0.1) is 6.54 Å². The van der Waals surface area contributed by atoms with Gasteiger partial charge < -0.3 is 14.8 Å². The van der Waals surface area contributed by atoms with Gasteiger partial charge >= 0.3 is 0 Å².